The summed E-state index contributed by atoms with van der Waals surface area (Å²) < 4.78 is 7.27. The van der Waals surface area contributed by atoms with E-state index in [0.717, 1.165) is 10.1 Å². The predicted octanol–water partition coefficient (Wildman–Crippen LogP) is -0.614. The molecule has 9 nitrogen and oxygen atoms in total. The van der Waals surface area contributed by atoms with Gasteiger partial charge in [0.2, 0.25) is 0 Å². The number of hydrogen-bond acceptors (Lipinski definition) is 6. The van der Waals surface area contributed by atoms with Crippen molar-refractivity contribution in [2.24, 2.45) is 14.1 Å². The van der Waals surface area contributed by atoms with E-state index in [2.05, 4.69) is 4.90 Å². The Morgan fingerprint density at radius 1 is 1.26 bits per heavy atom. The summed E-state index contributed by atoms with van der Waals surface area (Å²) in [5.41, 5.74) is 0.0732. The van der Waals surface area contributed by atoms with Gasteiger partial charge in [-0.1, -0.05) is 0 Å². The molecule has 0 aromatic carbocycles. The van der Waals surface area contributed by atoms with Gasteiger partial charge in [0.05, 0.1) is 12.5 Å². The molecule has 0 saturated carbocycles. The Morgan fingerprint density at radius 2 is 2.04 bits per heavy atom. The maximum absolute atomic E-state index is 12.9. The molecule has 0 spiro atoms. The van der Waals surface area contributed by atoms with Crippen molar-refractivity contribution in [3.8, 4) is 0 Å². The van der Waals surface area contributed by atoms with Crippen LogP contribution in [0, 0.1) is 0 Å². The number of hydrogen-bond donors (Lipinski definition) is 1. The third-order valence-corrected chi connectivity index (χ3v) is 5.07. The average Bonchev–Trinajstić information content (AvgIpc) is 3.17. The van der Waals surface area contributed by atoms with Crippen LogP contribution in [0.2, 0.25) is 0 Å². The Kier molecular flexibility index (Phi) is 5.62. The van der Waals surface area contributed by atoms with Gasteiger partial charge in [-0.2, -0.15) is 0 Å². The number of aromatic nitrogens is 2. The summed E-state index contributed by atoms with van der Waals surface area (Å²) in [5, 5.41) is 9.41. The second-order valence-corrected chi connectivity index (χ2v) is 6.79. The number of piperazine rings is 1. The van der Waals surface area contributed by atoms with E-state index in [1.807, 2.05) is 6.07 Å². The lowest BCUT2D eigenvalue weighted by Gasteiger charge is -2.41. The summed E-state index contributed by atoms with van der Waals surface area (Å²) >= 11 is 0. The molecule has 146 valence electrons. The van der Waals surface area contributed by atoms with Crippen LogP contribution in [0.3, 0.4) is 0 Å². The van der Waals surface area contributed by atoms with Crippen molar-refractivity contribution in [3.05, 3.63) is 56.8 Å². The Balaban J connectivity index is 1.79. The molecule has 1 aliphatic rings. The number of nitrogens with zero attached hydrogens (tertiary/aromatic N) is 4. The molecule has 1 fully saturated rings. The molecular weight excluding hydrogens is 352 g/mol. The van der Waals surface area contributed by atoms with E-state index in [-0.39, 0.29) is 24.2 Å². The average molecular weight is 376 g/mol. The van der Waals surface area contributed by atoms with Crippen molar-refractivity contribution in [1.29, 1.82) is 0 Å². The van der Waals surface area contributed by atoms with Gasteiger partial charge in [-0.25, -0.2) is 4.79 Å². The lowest BCUT2D eigenvalue weighted by molar-refractivity contribution is 0.0386. The standard InChI is InChI=1S/C18H24N4O5/c1-19-15(9-16(24)20(2)18(19)26)17(25)22-6-5-21(14(11-22)3-7-23)10-13-4-8-27-12-13/h4,8-9,12,14,23H,3,5-7,10-11H2,1-2H3. The fourth-order valence-corrected chi connectivity index (χ4v) is 3.43. The van der Waals surface area contributed by atoms with E-state index < -0.39 is 11.2 Å². The molecule has 0 bridgehead atoms. The van der Waals surface area contributed by atoms with Crippen LogP contribution in [0.5, 0.6) is 0 Å². The van der Waals surface area contributed by atoms with Crippen LogP contribution in [0.15, 0.2) is 38.7 Å². The summed E-state index contributed by atoms with van der Waals surface area (Å²) in [6.45, 7) is 2.20. The highest BCUT2D eigenvalue weighted by Crippen LogP contribution is 2.18. The van der Waals surface area contributed by atoms with Gasteiger partial charge < -0.3 is 14.4 Å². The van der Waals surface area contributed by atoms with Gasteiger partial charge in [-0.15, -0.1) is 0 Å². The molecule has 1 saturated heterocycles. The van der Waals surface area contributed by atoms with Gasteiger partial charge in [0.1, 0.15) is 5.69 Å². The first-order valence-electron chi connectivity index (χ1n) is 8.84. The normalized spacial score (nSPS) is 18.0. The SMILES string of the molecule is Cn1c(C(=O)N2CCN(Cc3ccoc3)C(CCO)C2)cc(=O)n(C)c1=O. The topological polar surface area (TPSA) is 101 Å². The first-order valence-corrected chi connectivity index (χ1v) is 8.84. The maximum Gasteiger partial charge on any atom is 0.331 e. The predicted molar refractivity (Wildman–Crippen MR) is 97.4 cm³/mol. The Labute approximate surface area is 156 Å². The number of furan rings is 1. The zero-order chi connectivity index (χ0) is 19.6. The molecule has 27 heavy (non-hydrogen) atoms. The Bertz CT molecular complexity index is 915. The number of rotatable bonds is 5. The fraction of sp³-hybridized carbons (Fsp3) is 0.500. The molecule has 1 amide bonds. The van der Waals surface area contributed by atoms with Crippen molar-refractivity contribution in [3.63, 3.8) is 0 Å². The molecule has 1 unspecified atom stereocenters. The van der Waals surface area contributed by atoms with Crippen LogP contribution < -0.4 is 11.2 Å². The van der Waals surface area contributed by atoms with E-state index in [9.17, 15) is 19.5 Å². The highest BCUT2D eigenvalue weighted by Gasteiger charge is 2.31. The molecule has 9 heteroatoms. The Morgan fingerprint density at radius 3 is 2.70 bits per heavy atom. The first-order chi connectivity index (χ1) is 12.9. The second kappa shape index (κ2) is 7.93. The zero-order valence-corrected chi connectivity index (χ0v) is 15.5. The van der Waals surface area contributed by atoms with Gasteiger partial charge >= 0.3 is 5.69 Å². The van der Waals surface area contributed by atoms with Crippen molar-refractivity contribution >= 4 is 5.91 Å². The van der Waals surface area contributed by atoms with Crippen molar-refractivity contribution in [2.75, 3.05) is 26.2 Å². The summed E-state index contributed by atoms with van der Waals surface area (Å²) in [7, 11) is 2.86. The van der Waals surface area contributed by atoms with Gasteiger partial charge in [-0.05, 0) is 12.5 Å². The number of carbonyl (C=O) groups is 1. The number of aliphatic hydroxyl groups is 1. The van der Waals surface area contributed by atoms with Gasteiger partial charge in [0.15, 0.2) is 0 Å². The van der Waals surface area contributed by atoms with E-state index in [0.29, 0.717) is 32.6 Å². The van der Waals surface area contributed by atoms with Crippen molar-refractivity contribution in [2.45, 2.75) is 19.0 Å². The van der Waals surface area contributed by atoms with Crippen LogP contribution >= 0.6 is 0 Å². The van der Waals surface area contributed by atoms with Crippen LogP contribution in [0.1, 0.15) is 22.5 Å². The molecule has 1 N–H and O–H groups in total. The molecule has 2 aromatic rings. The molecule has 1 atom stereocenters. The molecule has 3 heterocycles. The highest BCUT2D eigenvalue weighted by atomic mass is 16.3. The fourth-order valence-electron chi connectivity index (χ4n) is 3.43. The van der Waals surface area contributed by atoms with Crippen molar-refractivity contribution < 1.29 is 14.3 Å². The van der Waals surface area contributed by atoms with E-state index in [1.165, 1.54) is 24.7 Å². The minimum atomic E-state index is -0.531. The third-order valence-electron chi connectivity index (χ3n) is 5.07. The first kappa shape index (κ1) is 19.1. The summed E-state index contributed by atoms with van der Waals surface area (Å²) in [6, 6.07) is 3.07. The molecule has 3 rings (SSSR count). The maximum atomic E-state index is 12.9. The quantitative estimate of drug-likeness (QED) is 0.747. The monoisotopic (exact) mass is 376 g/mol. The minimum absolute atomic E-state index is 0.0128. The van der Waals surface area contributed by atoms with Crippen LogP contribution in [0.4, 0.5) is 0 Å². The largest absolute Gasteiger partial charge is 0.472 e. The van der Waals surface area contributed by atoms with Crippen LogP contribution in [0.25, 0.3) is 0 Å². The third kappa shape index (κ3) is 3.88. The lowest BCUT2D eigenvalue weighted by Crippen LogP contribution is -2.55. The Hall–Kier alpha value is -2.65. The molecule has 0 radical (unpaired) electrons. The smallest absolute Gasteiger partial charge is 0.331 e. The molecule has 1 aliphatic heterocycles. The molecule has 0 aliphatic carbocycles. The van der Waals surface area contributed by atoms with E-state index >= 15 is 0 Å². The molecule has 2 aromatic heterocycles. The lowest BCUT2D eigenvalue weighted by atomic mass is 10.1. The van der Waals surface area contributed by atoms with Gasteiger partial charge in [-0.3, -0.25) is 23.6 Å². The van der Waals surface area contributed by atoms with Gasteiger partial charge in [0, 0.05) is 64.6 Å². The summed E-state index contributed by atoms with van der Waals surface area (Å²) in [6.07, 6.45) is 3.83. The van der Waals surface area contributed by atoms with Crippen LogP contribution in [-0.4, -0.2) is 62.2 Å². The number of aliphatic hydroxyl groups excluding tert-OH is 1. The minimum Gasteiger partial charge on any atom is -0.472 e. The summed E-state index contributed by atoms with van der Waals surface area (Å²) in [4.78, 5) is 40.8. The second-order valence-electron chi connectivity index (χ2n) is 6.79. The van der Waals surface area contributed by atoms with Crippen molar-refractivity contribution in [1.82, 2.24) is 18.9 Å². The number of carbonyl (C=O) groups excluding carboxylic acids is 1. The highest BCUT2D eigenvalue weighted by molar-refractivity contribution is 5.92. The summed E-state index contributed by atoms with van der Waals surface area (Å²) in [5.74, 6) is -0.349. The van der Waals surface area contributed by atoms with E-state index in [1.54, 1.807) is 17.4 Å². The van der Waals surface area contributed by atoms with Crippen LogP contribution in [-0.2, 0) is 20.6 Å². The van der Waals surface area contributed by atoms with Gasteiger partial charge in [0.25, 0.3) is 11.5 Å². The zero-order valence-electron chi connectivity index (χ0n) is 15.5. The molecular formula is C18H24N4O5. The number of amides is 1. The van der Waals surface area contributed by atoms with E-state index in [4.69, 9.17) is 4.42 Å².